The first-order valence-electron chi connectivity index (χ1n) is 10.2. The van der Waals surface area contributed by atoms with E-state index in [9.17, 15) is 14.4 Å². The zero-order valence-corrected chi connectivity index (χ0v) is 18.5. The van der Waals surface area contributed by atoms with E-state index < -0.39 is 24.5 Å². The van der Waals surface area contributed by atoms with Crippen molar-refractivity contribution in [1.29, 1.82) is 0 Å². The number of anilines is 1. The minimum atomic E-state index is -0.678. The summed E-state index contributed by atoms with van der Waals surface area (Å²) in [4.78, 5) is 38.8. The molecular weight excluding hydrogens is 418 g/mol. The minimum absolute atomic E-state index is 0.261. The Bertz CT molecular complexity index is 907. The van der Waals surface area contributed by atoms with E-state index in [1.165, 1.54) is 11.3 Å². The lowest BCUT2D eigenvalue weighted by molar-refractivity contribution is -0.123. The van der Waals surface area contributed by atoms with Crippen LogP contribution < -0.4 is 15.5 Å². The third-order valence-corrected chi connectivity index (χ3v) is 5.73. The van der Waals surface area contributed by atoms with Crippen LogP contribution in [0.15, 0.2) is 36.4 Å². The SMILES string of the molecule is CC(C)CNC(=O)NC(=O)COC(=O)c1cc(-c2ccccc2)c(N2CCOCC2)s1. The van der Waals surface area contributed by atoms with Gasteiger partial charge in [0.25, 0.3) is 5.91 Å². The van der Waals surface area contributed by atoms with Gasteiger partial charge in [0.15, 0.2) is 6.61 Å². The molecular formula is C22H27N3O5S. The van der Waals surface area contributed by atoms with Crippen LogP contribution in [0.25, 0.3) is 11.1 Å². The van der Waals surface area contributed by atoms with Crippen LogP contribution in [0.1, 0.15) is 23.5 Å². The van der Waals surface area contributed by atoms with E-state index in [4.69, 9.17) is 9.47 Å². The first-order chi connectivity index (χ1) is 14.9. The number of rotatable bonds is 7. The lowest BCUT2D eigenvalue weighted by atomic mass is 10.1. The molecule has 1 aromatic heterocycles. The second-order valence-electron chi connectivity index (χ2n) is 7.52. The highest BCUT2D eigenvalue weighted by Crippen LogP contribution is 2.39. The van der Waals surface area contributed by atoms with Gasteiger partial charge < -0.3 is 19.7 Å². The van der Waals surface area contributed by atoms with Crippen molar-refractivity contribution in [3.05, 3.63) is 41.3 Å². The normalized spacial score (nSPS) is 13.7. The molecule has 0 spiro atoms. The molecule has 0 unspecified atom stereocenters. The maximum atomic E-state index is 12.6. The molecule has 0 bridgehead atoms. The maximum absolute atomic E-state index is 12.6. The number of imide groups is 1. The number of hydrogen-bond donors (Lipinski definition) is 2. The highest BCUT2D eigenvalue weighted by molar-refractivity contribution is 7.18. The van der Waals surface area contributed by atoms with E-state index >= 15 is 0 Å². The van der Waals surface area contributed by atoms with Gasteiger partial charge in [-0.2, -0.15) is 0 Å². The van der Waals surface area contributed by atoms with Gasteiger partial charge in [0.2, 0.25) is 0 Å². The second-order valence-corrected chi connectivity index (χ2v) is 8.55. The highest BCUT2D eigenvalue weighted by Gasteiger charge is 2.23. The van der Waals surface area contributed by atoms with Crippen molar-refractivity contribution in [3.63, 3.8) is 0 Å². The monoisotopic (exact) mass is 445 g/mol. The standard InChI is InChI=1S/C22H27N3O5S/c1-15(2)13-23-22(28)24-19(26)14-30-21(27)18-12-17(16-6-4-3-5-7-16)20(31-18)25-8-10-29-11-9-25/h3-7,12,15H,8-11,13-14H2,1-2H3,(H2,23,24,26,28). The van der Waals surface area contributed by atoms with Gasteiger partial charge in [-0.25, -0.2) is 9.59 Å². The van der Waals surface area contributed by atoms with Gasteiger partial charge in [-0.3, -0.25) is 10.1 Å². The lowest BCUT2D eigenvalue weighted by Gasteiger charge is -2.28. The van der Waals surface area contributed by atoms with Crippen molar-refractivity contribution >= 4 is 34.2 Å². The predicted molar refractivity (Wildman–Crippen MR) is 119 cm³/mol. The van der Waals surface area contributed by atoms with Gasteiger partial charge in [0, 0.05) is 25.2 Å². The fraction of sp³-hybridized carbons (Fsp3) is 0.409. The summed E-state index contributed by atoms with van der Waals surface area (Å²) >= 11 is 1.33. The first-order valence-corrected chi connectivity index (χ1v) is 11.0. The molecule has 8 nitrogen and oxygen atoms in total. The highest BCUT2D eigenvalue weighted by atomic mass is 32.1. The van der Waals surface area contributed by atoms with Gasteiger partial charge >= 0.3 is 12.0 Å². The molecule has 0 saturated carbocycles. The van der Waals surface area contributed by atoms with E-state index in [0.717, 1.165) is 29.2 Å². The van der Waals surface area contributed by atoms with Crippen LogP contribution in [-0.4, -0.2) is 57.4 Å². The molecule has 2 heterocycles. The molecule has 0 aliphatic carbocycles. The van der Waals surface area contributed by atoms with E-state index in [1.54, 1.807) is 6.07 Å². The molecule has 3 amide bonds. The van der Waals surface area contributed by atoms with E-state index in [2.05, 4.69) is 15.5 Å². The van der Waals surface area contributed by atoms with Crippen molar-refractivity contribution < 1.29 is 23.9 Å². The molecule has 1 aromatic carbocycles. The Kier molecular flexibility index (Phi) is 8.02. The molecule has 2 aromatic rings. The summed E-state index contributed by atoms with van der Waals surface area (Å²) in [7, 11) is 0. The zero-order chi connectivity index (χ0) is 22.2. The van der Waals surface area contributed by atoms with Crippen molar-refractivity contribution in [3.8, 4) is 11.1 Å². The summed E-state index contributed by atoms with van der Waals surface area (Å²) in [6.07, 6.45) is 0. The van der Waals surface area contributed by atoms with Crippen molar-refractivity contribution in [2.24, 2.45) is 5.92 Å². The Morgan fingerprint density at radius 1 is 1.16 bits per heavy atom. The minimum Gasteiger partial charge on any atom is -0.451 e. The smallest absolute Gasteiger partial charge is 0.348 e. The Morgan fingerprint density at radius 2 is 1.87 bits per heavy atom. The number of ether oxygens (including phenoxy) is 2. The van der Waals surface area contributed by atoms with Crippen LogP contribution >= 0.6 is 11.3 Å². The largest absolute Gasteiger partial charge is 0.451 e. The molecule has 1 aliphatic rings. The second kappa shape index (κ2) is 10.9. The number of nitrogens with one attached hydrogen (secondary N) is 2. The van der Waals surface area contributed by atoms with Crippen LogP contribution in [0.4, 0.5) is 9.80 Å². The van der Waals surface area contributed by atoms with Crippen LogP contribution in [0.2, 0.25) is 0 Å². The third-order valence-electron chi connectivity index (χ3n) is 4.55. The number of benzene rings is 1. The molecule has 1 saturated heterocycles. The van der Waals surface area contributed by atoms with Gasteiger partial charge in [-0.15, -0.1) is 11.3 Å². The summed E-state index contributed by atoms with van der Waals surface area (Å²) in [6, 6.07) is 11.0. The number of carbonyl (C=O) groups excluding carboxylic acids is 3. The molecule has 1 aliphatic heterocycles. The number of amides is 3. The number of esters is 1. The van der Waals surface area contributed by atoms with Gasteiger partial charge in [0.1, 0.15) is 4.88 Å². The van der Waals surface area contributed by atoms with Gasteiger partial charge in [-0.1, -0.05) is 44.2 Å². The number of carbonyl (C=O) groups is 3. The number of urea groups is 1. The van der Waals surface area contributed by atoms with Crippen LogP contribution in [0, 0.1) is 5.92 Å². The van der Waals surface area contributed by atoms with Gasteiger partial charge in [-0.05, 0) is 17.5 Å². The van der Waals surface area contributed by atoms with E-state index in [-0.39, 0.29) is 5.92 Å². The zero-order valence-electron chi connectivity index (χ0n) is 17.7. The van der Waals surface area contributed by atoms with Crippen LogP contribution in [0.5, 0.6) is 0 Å². The van der Waals surface area contributed by atoms with E-state index in [0.29, 0.717) is 24.6 Å². The third kappa shape index (κ3) is 6.53. The number of nitrogens with zero attached hydrogens (tertiary/aromatic N) is 1. The molecule has 9 heteroatoms. The molecule has 0 radical (unpaired) electrons. The average molecular weight is 446 g/mol. The summed E-state index contributed by atoms with van der Waals surface area (Å²) in [5.41, 5.74) is 1.94. The maximum Gasteiger partial charge on any atom is 0.348 e. The molecule has 3 rings (SSSR count). The van der Waals surface area contributed by atoms with Crippen LogP contribution in [0.3, 0.4) is 0 Å². The summed E-state index contributed by atoms with van der Waals surface area (Å²) in [5, 5.41) is 5.70. The Balaban J connectivity index is 1.66. The van der Waals surface area contributed by atoms with Gasteiger partial charge in [0.05, 0.1) is 18.2 Å². The Hall–Kier alpha value is -2.91. The summed E-state index contributed by atoms with van der Waals surface area (Å²) in [5.74, 6) is -1.01. The fourth-order valence-electron chi connectivity index (χ4n) is 3.01. The molecule has 0 atom stereocenters. The summed E-state index contributed by atoms with van der Waals surface area (Å²) in [6.45, 7) is 6.54. The fourth-order valence-corrected chi connectivity index (χ4v) is 4.14. The summed E-state index contributed by atoms with van der Waals surface area (Å²) < 4.78 is 10.6. The molecule has 166 valence electrons. The van der Waals surface area contributed by atoms with E-state index in [1.807, 2.05) is 44.2 Å². The van der Waals surface area contributed by atoms with Crippen molar-refractivity contribution in [1.82, 2.24) is 10.6 Å². The Labute approximate surface area is 185 Å². The number of hydrogen-bond acceptors (Lipinski definition) is 7. The molecule has 1 fully saturated rings. The molecule has 2 N–H and O–H groups in total. The van der Waals surface area contributed by atoms with Crippen molar-refractivity contribution in [2.45, 2.75) is 13.8 Å². The number of thiophene rings is 1. The Morgan fingerprint density at radius 3 is 2.55 bits per heavy atom. The number of morpholine rings is 1. The lowest BCUT2D eigenvalue weighted by Crippen LogP contribution is -2.42. The van der Waals surface area contributed by atoms with Crippen molar-refractivity contribution in [2.75, 3.05) is 44.4 Å². The average Bonchev–Trinajstić information content (AvgIpc) is 3.23. The first kappa shape index (κ1) is 22.8. The topological polar surface area (TPSA) is 97.0 Å². The quantitative estimate of drug-likeness (QED) is 0.636. The molecule has 31 heavy (non-hydrogen) atoms. The van der Waals surface area contributed by atoms with Crippen LogP contribution in [-0.2, 0) is 14.3 Å². The predicted octanol–water partition coefficient (Wildman–Crippen LogP) is 2.89.